The number of carboxylic acid groups (broad SMARTS) is 2. The molecule has 1 amide bonds. The molecule has 4 rings (SSSR count). The lowest BCUT2D eigenvalue weighted by atomic mass is 10.1. The number of aromatic amines is 1. The quantitative estimate of drug-likeness (QED) is 0.293. The number of rotatable bonds is 7. The van der Waals surface area contributed by atoms with Crippen LogP contribution in [0, 0.1) is 0 Å². The van der Waals surface area contributed by atoms with Crippen LogP contribution < -0.4 is 26.8 Å². The molecule has 0 spiro atoms. The molecule has 0 saturated heterocycles. The van der Waals surface area contributed by atoms with E-state index in [-0.39, 0.29) is 36.0 Å². The highest BCUT2D eigenvalue weighted by molar-refractivity contribution is 5.97. The largest absolute Gasteiger partial charge is 0.481 e. The SMILES string of the molecule is Nc1nc2c(c(=O)[nH]1)[N+]1=CN(c3ccc(C(=O)N[C@@H](CCC(=O)O)C(=O)O)cc3)C[C@H]1CN2. The number of nitrogens with zero attached hydrogens (tertiary/aromatic N) is 3. The maximum atomic E-state index is 12.4. The summed E-state index contributed by atoms with van der Waals surface area (Å²) in [6, 6.07) is 5.19. The summed E-state index contributed by atoms with van der Waals surface area (Å²) >= 11 is 0. The monoisotopic (exact) mass is 456 g/mol. The number of nitrogen functional groups attached to an aromatic ring is 1. The molecule has 1 aromatic carbocycles. The first-order valence-electron chi connectivity index (χ1n) is 10.1. The summed E-state index contributed by atoms with van der Waals surface area (Å²) < 4.78 is 1.83. The highest BCUT2D eigenvalue weighted by Gasteiger charge is 2.39. The zero-order valence-corrected chi connectivity index (χ0v) is 17.3. The molecule has 172 valence electrons. The van der Waals surface area contributed by atoms with Crippen LogP contribution in [-0.2, 0) is 9.59 Å². The summed E-state index contributed by atoms with van der Waals surface area (Å²) in [5.41, 5.74) is 6.64. The first-order chi connectivity index (χ1) is 15.7. The van der Waals surface area contributed by atoms with Crippen LogP contribution in [0.2, 0.25) is 0 Å². The van der Waals surface area contributed by atoms with Crippen molar-refractivity contribution < 1.29 is 29.2 Å². The summed E-state index contributed by atoms with van der Waals surface area (Å²) in [6.07, 6.45) is 1.20. The van der Waals surface area contributed by atoms with Gasteiger partial charge in [-0.05, 0) is 30.7 Å². The van der Waals surface area contributed by atoms with E-state index in [1.165, 1.54) is 0 Å². The number of H-pyrrole nitrogens is 1. The Bertz CT molecular complexity index is 1210. The van der Waals surface area contributed by atoms with E-state index in [2.05, 4.69) is 20.6 Å². The molecule has 0 radical (unpaired) electrons. The highest BCUT2D eigenvalue weighted by atomic mass is 16.4. The number of hydrogen-bond acceptors (Lipinski definition) is 8. The van der Waals surface area contributed by atoms with Gasteiger partial charge in [0.05, 0.1) is 6.54 Å². The summed E-state index contributed by atoms with van der Waals surface area (Å²) in [4.78, 5) is 55.4. The van der Waals surface area contributed by atoms with Gasteiger partial charge in [0.1, 0.15) is 18.3 Å². The molecule has 7 N–H and O–H groups in total. The number of carbonyl (C=O) groups excluding carboxylic acids is 1. The molecule has 2 aliphatic heterocycles. The van der Waals surface area contributed by atoms with Crippen molar-refractivity contribution in [2.24, 2.45) is 0 Å². The Hall–Kier alpha value is -4.42. The number of carbonyl (C=O) groups is 3. The molecule has 2 aliphatic rings. The van der Waals surface area contributed by atoms with Crippen molar-refractivity contribution in [1.29, 1.82) is 0 Å². The summed E-state index contributed by atoms with van der Waals surface area (Å²) in [5, 5.41) is 23.4. The van der Waals surface area contributed by atoms with Gasteiger partial charge in [-0.1, -0.05) is 0 Å². The van der Waals surface area contributed by atoms with Gasteiger partial charge < -0.3 is 26.6 Å². The number of anilines is 3. The third kappa shape index (κ3) is 4.46. The van der Waals surface area contributed by atoms with E-state index in [0.717, 1.165) is 5.69 Å². The fraction of sp³-hybridized carbons (Fsp3) is 0.300. The number of nitrogens with one attached hydrogen (secondary N) is 3. The topological polar surface area (TPSA) is 194 Å². The zero-order chi connectivity index (χ0) is 23.7. The van der Waals surface area contributed by atoms with E-state index in [1.54, 1.807) is 30.6 Å². The Morgan fingerprint density at radius 2 is 2.00 bits per heavy atom. The van der Waals surface area contributed by atoms with E-state index >= 15 is 0 Å². The van der Waals surface area contributed by atoms with Crippen LogP contribution in [0.3, 0.4) is 0 Å². The Morgan fingerprint density at radius 1 is 1.27 bits per heavy atom. The van der Waals surface area contributed by atoms with Gasteiger partial charge in [-0.15, -0.1) is 0 Å². The second-order valence-corrected chi connectivity index (χ2v) is 7.70. The van der Waals surface area contributed by atoms with E-state index in [9.17, 15) is 24.3 Å². The molecule has 0 bridgehead atoms. The first-order valence-corrected chi connectivity index (χ1v) is 10.1. The Morgan fingerprint density at radius 3 is 2.67 bits per heavy atom. The van der Waals surface area contributed by atoms with Gasteiger partial charge in [0, 0.05) is 12.0 Å². The predicted molar refractivity (Wildman–Crippen MR) is 117 cm³/mol. The van der Waals surface area contributed by atoms with Crippen LogP contribution in [0.25, 0.3) is 0 Å². The molecular weight excluding hydrogens is 434 g/mol. The van der Waals surface area contributed by atoms with Crippen LogP contribution in [0.1, 0.15) is 23.2 Å². The predicted octanol–water partition coefficient (Wildman–Crippen LogP) is -0.613. The average Bonchev–Trinajstić information content (AvgIpc) is 3.20. The van der Waals surface area contributed by atoms with Gasteiger partial charge in [0.15, 0.2) is 11.9 Å². The molecule has 33 heavy (non-hydrogen) atoms. The average molecular weight is 456 g/mol. The van der Waals surface area contributed by atoms with Crippen molar-refractivity contribution in [2.45, 2.75) is 24.9 Å². The van der Waals surface area contributed by atoms with Crippen LogP contribution in [0.5, 0.6) is 0 Å². The van der Waals surface area contributed by atoms with Gasteiger partial charge in [0.25, 0.3) is 5.91 Å². The number of aliphatic carboxylic acids is 2. The lowest BCUT2D eigenvalue weighted by molar-refractivity contribution is -0.468. The summed E-state index contributed by atoms with van der Waals surface area (Å²) in [5.74, 6) is -2.62. The minimum Gasteiger partial charge on any atom is -0.481 e. The maximum Gasteiger partial charge on any atom is 0.326 e. The molecule has 1 aromatic heterocycles. The van der Waals surface area contributed by atoms with Crippen LogP contribution in [0.4, 0.5) is 23.1 Å². The Balaban J connectivity index is 1.49. The minimum absolute atomic E-state index is 0.0161. The van der Waals surface area contributed by atoms with Crippen molar-refractivity contribution in [3.8, 4) is 0 Å². The van der Waals surface area contributed by atoms with Crippen LogP contribution in [-0.4, -0.2) is 74.1 Å². The molecular formula is C20H22N7O6+. The molecule has 3 heterocycles. The molecule has 0 aliphatic carbocycles. The van der Waals surface area contributed by atoms with Crippen molar-refractivity contribution in [3.63, 3.8) is 0 Å². The normalized spacial score (nSPS) is 17.3. The number of aromatic nitrogens is 2. The third-order valence-electron chi connectivity index (χ3n) is 5.45. The van der Waals surface area contributed by atoms with Gasteiger partial charge >= 0.3 is 17.5 Å². The minimum atomic E-state index is -1.30. The van der Waals surface area contributed by atoms with E-state index in [4.69, 9.17) is 10.8 Å². The van der Waals surface area contributed by atoms with Gasteiger partial charge in [-0.3, -0.25) is 19.4 Å². The first kappa shape index (κ1) is 21.8. The molecule has 0 unspecified atom stereocenters. The van der Waals surface area contributed by atoms with Crippen molar-refractivity contribution in [3.05, 3.63) is 40.2 Å². The molecule has 13 nitrogen and oxygen atoms in total. The van der Waals surface area contributed by atoms with Crippen LogP contribution in [0.15, 0.2) is 29.1 Å². The number of benzene rings is 1. The molecule has 0 fully saturated rings. The number of carboxylic acids is 2. The van der Waals surface area contributed by atoms with Crippen LogP contribution >= 0.6 is 0 Å². The fourth-order valence-corrected chi connectivity index (χ4v) is 3.81. The van der Waals surface area contributed by atoms with Gasteiger partial charge in [-0.2, -0.15) is 4.98 Å². The van der Waals surface area contributed by atoms with Crippen molar-refractivity contribution >= 4 is 47.3 Å². The van der Waals surface area contributed by atoms with Gasteiger partial charge in [0.2, 0.25) is 18.0 Å². The lowest BCUT2D eigenvalue weighted by Gasteiger charge is -2.20. The van der Waals surface area contributed by atoms with E-state index in [1.807, 2.05) is 9.48 Å². The number of hydrogen-bond donors (Lipinski definition) is 6. The zero-order valence-electron chi connectivity index (χ0n) is 17.3. The van der Waals surface area contributed by atoms with Crippen molar-refractivity contribution in [2.75, 3.05) is 29.0 Å². The molecule has 0 saturated carbocycles. The third-order valence-corrected chi connectivity index (χ3v) is 5.45. The molecule has 13 heteroatoms. The van der Waals surface area contributed by atoms with E-state index < -0.39 is 23.9 Å². The number of amides is 1. The van der Waals surface area contributed by atoms with Gasteiger partial charge in [-0.25, -0.2) is 14.3 Å². The second-order valence-electron chi connectivity index (χ2n) is 7.70. The molecule has 2 atom stereocenters. The Labute approximate surface area is 186 Å². The van der Waals surface area contributed by atoms with Crippen molar-refractivity contribution in [1.82, 2.24) is 15.3 Å². The number of nitrogens with two attached hydrogens (primary N) is 1. The maximum absolute atomic E-state index is 12.4. The summed E-state index contributed by atoms with van der Waals surface area (Å²) in [7, 11) is 0. The highest BCUT2D eigenvalue weighted by Crippen LogP contribution is 2.28. The smallest absolute Gasteiger partial charge is 0.326 e. The summed E-state index contributed by atoms with van der Waals surface area (Å²) in [6.45, 7) is 1.14. The number of fused-ring (bicyclic) bond motifs is 3. The second kappa shape index (κ2) is 8.61. The molecule has 2 aromatic rings. The standard InChI is InChI=1S/C20H21N7O6/c21-20-24-16-15(18(31)25-20)27-9-26(8-12(27)7-22-16)11-3-1-10(2-4-11)17(30)23-13(19(32)33)5-6-14(28)29/h1-4,9,12-13H,5-8H2,(H6-,21,22,23,24,25,28,29,30,31,32,33)/p+1/t12-,13+/m1/s1. The fourth-order valence-electron chi connectivity index (χ4n) is 3.81. The lowest BCUT2D eigenvalue weighted by Crippen LogP contribution is -2.41. The Kier molecular flexibility index (Phi) is 5.69. The van der Waals surface area contributed by atoms with E-state index in [0.29, 0.717) is 24.6 Å².